The lowest BCUT2D eigenvalue weighted by molar-refractivity contribution is -0.143. The third-order valence-corrected chi connectivity index (χ3v) is 7.87. The molecule has 0 N–H and O–H groups in total. The number of unbranched alkanes of at least 4 members (excludes halogenated alkanes) is 12. The summed E-state index contributed by atoms with van der Waals surface area (Å²) in [4.78, 5) is 12.0. The molecule has 0 fully saturated rings. The molecule has 0 heterocycles. The van der Waals surface area contributed by atoms with Crippen molar-refractivity contribution in [2.24, 2.45) is 5.41 Å². The van der Waals surface area contributed by atoms with Gasteiger partial charge in [0.1, 0.15) is 0 Å². The van der Waals surface area contributed by atoms with Gasteiger partial charge in [-0.25, -0.2) is 0 Å². The zero-order valence-corrected chi connectivity index (χ0v) is 26.0. The van der Waals surface area contributed by atoms with Crippen molar-refractivity contribution >= 4 is 5.97 Å². The van der Waals surface area contributed by atoms with Gasteiger partial charge in [0.15, 0.2) is 0 Å². The van der Waals surface area contributed by atoms with Gasteiger partial charge in [-0.2, -0.15) is 0 Å². The number of hydrogen-bond acceptors (Lipinski definition) is 2. The van der Waals surface area contributed by atoms with Gasteiger partial charge in [-0.1, -0.05) is 151 Å². The summed E-state index contributed by atoms with van der Waals surface area (Å²) < 4.78 is 5.45. The molecule has 0 radical (unpaired) electrons. The Morgan fingerprint density at radius 2 is 1.45 bits per heavy atom. The van der Waals surface area contributed by atoms with Crippen LogP contribution in [0.5, 0.6) is 0 Å². The van der Waals surface area contributed by atoms with E-state index in [2.05, 4.69) is 78.0 Å². The first-order chi connectivity index (χ1) is 18.3. The monoisotopic (exact) mass is 524 g/mol. The second-order valence-corrected chi connectivity index (χ2v) is 12.1. The summed E-state index contributed by atoms with van der Waals surface area (Å²) in [7, 11) is 0. The van der Waals surface area contributed by atoms with Crippen molar-refractivity contribution in [3.8, 4) is 0 Å². The maximum atomic E-state index is 12.0. The highest BCUT2D eigenvalue weighted by molar-refractivity contribution is 5.69. The topological polar surface area (TPSA) is 26.3 Å². The molecule has 1 aliphatic rings. The molecule has 38 heavy (non-hydrogen) atoms. The average molecular weight is 525 g/mol. The van der Waals surface area contributed by atoms with E-state index in [1.54, 1.807) is 0 Å². The minimum atomic E-state index is -0.0433. The van der Waals surface area contributed by atoms with Gasteiger partial charge in [0.25, 0.3) is 0 Å². The van der Waals surface area contributed by atoms with Crippen molar-refractivity contribution in [1.29, 1.82) is 0 Å². The number of esters is 1. The van der Waals surface area contributed by atoms with Crippen LogP contribution in [0.3, 0.4) is 0 Å². The Balaban J connectivity index is 2.11. The normalized spacial score (nSPS) is 17.3. The second-order valence-electron chi connectivity index (χ2n) is 12.1. The van der Waals surface area contributed by atoms with Gasteiger partial charge in [-0.05, 0) is 51.0 Å². The van der Waals surface area contributed by atoms with Crippen LogP contribution in [0.1, 0.15) is 151 Å². The molecule has 2 nitrogen and oxygen atoms in total. The van der Waals surface area contributed by atoms with Crippen LogP contribution in [0.25, 0.3) is 0 Å². The Morgan fingerprint density at radius 3 is 2.03 bits per heavy atom. The molecule has 0 atom stereocenters. The van der Waals surface area contributed by atoms with E-state index in [4.69, 9.17) is 4.74 Å². The van der Waals surface area contributed by atoms with E-state index >= 15 is 0 Å². The SMILES string of the molecule is CCCCCCCCCCCCCCCC(=O)OCC/C(C)=C/C=C/C(C)=C/C=C1/C(C)=CCCC1(C)C. The van der Waals surface area contributed by atoms with Crippen LogP contribution in [0, 0.1) is 5.41 Å². The summed E-state index contributed by atoms with van der Waals surface area (Å²) in [6.45, 7) is 13.9. The summed E-state index contributed by atoms with van der Waals surface area (Å²) in [5, 5.41) is 0. The van der Waals surface area contributed by atoms with Crippen LogP contribution < -0.4 is 0 Å². The van der Waals surface area contributed by atoms with E-state index in [0.29, 0.717) is 13.0 Å². The molecule has 0 aromatic carbocycles. The molecule has 0 unspecified atom stereocenters. The number of ether oxygens (including phenoxy) is 1. The summed E-state index contributed by atoms with van der Waals surface area (Å²) >= 11 is 0. The van der Waals surface area contributed by atoms with E-state index in [0.717, 1.165) is 19.3 Å². The highest BCUT2D eigenvalue weighted by atomic mass is 16.5. The predicted molar refractivity (Wildman–Crippen MR) is 167 cm³/mol. The van der Waals surface area contributed by atoms with Crippen LogP contribution in [0.2, 0.25) is 0 Å². The van der Waals surface area contributed by atoms with E-state index in [1.807, 2.05) is 0 Å². The maximum absolute atomic E-state index is 12.0. The third-order valence-electron chi connectivity index (χ3n) is 7.87. The summed E-state index contributed by atoms with van der Waals surface area (Å²) in [5.74, 6) is -0.0433. The fraction of sp³-hybridized carbons (Fsp3) is 0.694. The lowest BCUT2D eigenvalue weighted by Gasteiger charge is -2.32. The number of carbonyl (C=O) groups excluding carboxylic acids is 1. The lowest BCUT2D eigenvalue weighted by Crippen LogP contribution is -2.18. The quantitative estimate of drug-likeness (QED) is 0.0899. The van der Waals surface area contributed by atoms with E-state index in [1.165, 1.54) is 106 Å². The maximum Gasteiger partial charge on any atom is 0.305 e. The van der Waals surface area contributed by atoms with Crippen LogP contribution in [0.15, 0.2) is 58.7 Å². The average Bonchev–Trinajstić information content (AvgIpc) is 2.86. The number of rotatable bonds is 20. The van der Waals surface area contributed by atoms with Gasteiger partial charge in [-0.15, -0.1) is 0 Å². The van der Waals surface area contributed by atoms with Crippen LogP contribution in [0.4, 0.5) is 0 Å². The van der Waals surface area contributed by atoms with Crippen molar-refractivity contribution in [3.05, 3.63) is 58.7 Å². The zero-order chi connectivity index (χ0) is 28.1. The molecule has 2 heteroatoms. The molecule has 216 valence electrons. The molecule has 0 spiro atoms. The van der Waals surface area contributed by atoms with Gasteiger partial charge in [0.2, 0.25) is 0 Å². The minimum Gasteiger partial charge on any atom is -0.465 e. The Morgan fingerprint density at radius 1 is 0.868 bits per heavy atom. The third kappa shape index (κ3) is 16.9. The molecule has 0 saturated heterocycles. The largest absolute Gasteiger partial charge is 0.465 e. The minimum absolute atomic E-state index is 0.0433. The summed E-state index contributed by atoms with van der Waals surface area (Å²) in [5.41, 5.74) is 5.57. The van der Waals surface area contributed by atoms with Crippen LogP contribution in [-0.2, 0) is 9.53 Å². The zero-order valence-electron chi connectivity index (χ0n) is 26.0. The number of carbonyl (C=O) groups is 1. The fourth-order valence-corrected chi connectivity index (χ4v) is 5.19. The number of hydrogen-bond donors (Lipinski definition) is 0. The second kappa shape index (κ2) is 21.0. The molecule has 0 bridgehead atoms. The molecule has 1 rings (SSSR count). The van der Waals surface area contributed by atoms with Crippen molar-refractivity contribution in [2.45, 2.75) is 151 Å². The Bertz CT molecular complexity index is 803. The standard InChI is InChI=1S/C36H60O2/c1-7-8-9-10-11-12-13-14-15-16-17-18-19-25-35(37)38-30-28-32(3)23-20-22-31(2)26-27-34-33(4)24-21-29-36(34,5)6/h20,22-24,26-27H,7-19,21,25,28-30H2,1-6H3/b22-20+,31-26+,32-23+,34-27-. The smallest absolute Gasteiger partial charge is 0.305 e. The molecule has 0 aliphatic heterocycles. The Kier molecular flexibility index (Phi) is 18.9. The van der Waals surface area contributed by atoms with E-state index in [9.17, 15) is 4.79 Å². The highest BCUT2D eigenvalue weighted by Gasteiger charge is 2.26. The first kappa shape index (κ1) is 34.2. The van der Waals surface area contributed by atoms with Gasteiger partial charge in [0.05, 0.1) is 6.61 Å². The molecular weight excluding hydrogens is 464 g/mol. The van der Waals surface area contributed by atoms with Crippen molar-refractivity contribution < 1.29 is 9.53 Å². The van der Waals surface area contributed by atoms with Gasteiger partial charge >= 0.3 is 5.97 Å². The molecule has 0 amide bonds. The molecule has 0 saturated carbocycles. The Hall–Kier alpha value is -1.83. The van der Waals surface area contributed by atoms with Crippen molar-refractivity contribution in [2.75, 3.05) is 6.61 Å². The summed E-state index contributed by atoms with van der Waals surface area (Å²) in [6, 6.07) is 0. The molecular formula is C36H60O2. The van der Waals surface area contributed by atoms with Crippen molar-refractivity contribution in [3.63, 3.8) is 0 Å². The highest BCUT2D eigenvalue weighted by Crippen LogP contribution is 2.40. The van der Waals surface area contributed by atoms with E-state index < -0.39 is 0 Å². The predicted octanol–water partition coefficient (Wildman–Crippen LogP) is 11.5. The Labute approximate surface area is 236 Å². The molecule has 0 aromatic rings. The number of allylic oxidation sites excluding steroid dienone is 9. The lowest BCUT2D eigenvalue weighted by atomic mass is 9.73. The van der Waals surface area contributed by atoms with Gasteiger partial charge in [0, 0.05) is 12.8 Å². The van der Waals surface area contributed by atoms with Crippen LogP contribution >= 0.6 is 0 Å². The first-order valence-electron chi connectivity index (χ1n) is 15.8. The van der Waals surface area contributed by atoms with Crippen LogP contribution in [-0.4, -0.2) is 12.6 Å². The van der Waals surface area contributed by atoms with Crippen molar-refractivity contribution in [1.82, 2.24) is 0 Å². The van der Waals surface area contributed by atoms with E-state index in [-0.39, 0.29) is 11.4 Å². The first-order valence-corrected chi connectivity index (χ1v) is 15.8. The summed E-state index contributed by atoms with van der Waals surface area (Å²) in [6.07, 6.45) is 34.2. The fourth-order valence-electron chi connectivity index (χ4n) is 5.19. The molecule has 0 aromatic heterocycles. The molecule has 1 aliphatic carbocycles. The van der Waals surface area contributed by atoms with Gasteiger partial charge in [-0.3, -0.25) is 4.79 Å². The van der Waals surface area contributed by atoms with Gasteiger partial charge < -0.3 is 4.74 Å².